The van der Waals surface area contributed by atoms with Crippen molar-refractivity contribution in [1.82, 2.24) is 30.1 Å². The minimum absolute atomic E-state index is 0.0462. The lowest BCUT2D eigenvalue weighted by atomic mass is 9.99. The number of piperazine rings is 1. The molecule has 3 aromatic rings. The zero-order valence-electron chi connectivity index (χ0n) is 24.3. The van der Waals surface area contributed by atoms with E-state index in [0.717, 1.165) is 40.4 Å². The number of aromatic nitrogens is 1. The highest BCUT2D eigenvalue weighted by Crippen LogP contribution is 2.32. The summed E-state index contributed by atoms with van der Waals surface area (Å²) in [6.07, 6.45) is 2.49. The van der Waals surface area contributed by atoms with Crippen molar-refractivity contribution in [2.45, 2.75) is 44.9 Å². The lowest BCUT2D eigenvalue weighted by molar-refractivity contribution is -0.157. The SMILES string of the molecule is CCCCNC(=O)N(C)N1CC(=O)N2[C@@H](Cc3ccc(NS(C)(=O)=O)cc3)C(=O)N(Cc3cccc4sc(N)nc34)C[C@@H]21. The van der Waals surface area contributed by atoms with Crippen LogP contribution in [-0.4, -0.2) is 96.2 Å². The number of unbranched alkanes of at least 4 members (excludes halogenated alkanes) is 1. The van der Waals surface area contributed by atoms with E-state index < -0.39 is 22.2 Å². The average molecular weight is 629 g/mol. The second kappa shape index (κ2) is 12.3. The summed E-state index contributed by atoms with van der Waals surface area (Å²) in [5.74, 6) is -0.471. The maximum atomic E-state index is 14.1. The first kappa shape index (κ1) is 30.5. The second-order valence-corrected chi connectivity index (χ2v) is 13.6. The van der Waals surface area contributed by atoms with Gasteiger partial charge in [0.25, 0.3) is 0 Å². The van der Waals surface area contributed by atoms with E-state index in [1.165, 1.54) is 16.3 Å². The first-order valence-corrected chi connectivity index (χ1v) is 16.7. The van der Waals surface area contributed by atoms with E-state index in [4.69, 9.17) is 5.73 Å². The van der Waals surface area contributed by atoms with E-state index in [0.29, 0.717) is 17.4 Å². The van der Waals surface area contributed by atoms with Crippen molar-refractivity contribution in [3.63, 3.8) is 0 Å². The maximum absolute atomic E-state index is 14.1. The van der Waals surface area contributed by atoms with Gasteiger partial charge in [0.05, 0.1) is 29.6 Å². The summed E-state index contributed by atoms with van der Waals surface area (Å²) in [4.78, 5) is 48.3. The Morgan fingerprint density at radius 3 is 2.63 bits per heavy atom. The number of urea groups is 1. The van der Waals surface area contributed by atoms with Crippen molar-refractivity contribution >= 4 is 60.2 Å². The van der Waals surface area contributed by atoms with Gasteiger partial charge in [0.2, 0.25) is 21.8 Å². The fourth-order valence-corrected chi connectivity index (χ4v) is 6.90. The standard InChI is InChI=1S/C28H36N8O5S2/c1-4-5-13-30-28(39)33(2)35-17-24(37)36-21(14-18-9-11-20(12-10-18)32-43(3,40)41)26(38)34(16-23(35)36)15-19-7-6-8-22-25(19)31-27(29)42-22/h6-12,21,23,32H,4-5,13-17H2,1-3H3,(H2,29,31)(H,30,39)/t21-,23+/m0/s1. The molecule has 3 heterocycles. The summed E-state index contributed by atoms with van der Waals surface area (Å²) in [5, 5.41) is 6.46. The molecule has 5 rings (SSSR count). The highest BCUT2D eigenvalue weighted by Gasteiger charge is 2.51. The van der Waals surface area contributed by atoms with E-state index in [-0.39, 0.29) is 43.9 Å². The lowest BCUT2D eigenvalue weighted by Crippen LogP contribution is -2.65. The number of amides is 4. The molecule has 230 valence electrons. The molecule has 0 aliphatic carbocycles. The summed E-state index contributed by atoms with van der Waals surface area (Å²) < 4.78 is 26.6. The van der Waals surface area contributed by atoms with E-state index in [1.807, 2.05) is 25.1 Å². The molecule has 0 unspecified atom stereocenters. The second-order valence-electron chi connectivity index (χ2n) is 10.8. The van der Waals surface area contributed by atoms with Crippen LogP contribution in [0.5, 0.6) is 0 Å². The summed E-state index contributed by atoms with van der Waals surface area (Å²) in [5.41, 5.74) is 8.70. The zero-order chi connectivity index (χ0) is 30.9. The van der Waals surface area contributed by atoms with Crippen LogP contribution in [0.3, 0.4) is 0 Å². The third-order valence-corrected chi connectivity index (χ3v) is 9.08. The Kier molecular flexibility index (Phi) is 8.76. The van der Waals surface area contributed by atoms with Gasteiger partial charge in [-0.3, -0.25) is 19.3 Å². The highest BCUT2D eigenvalue weighted by molar-refractivity contribution is 7.92. The largest absolute Gasteiger partial charge is 0.375 e. The van der Waals surface area contributed by atoms with Gasteiger partial charge in [0, 0.05) is 32.2 Å². The van der Waals surface area contributed by atoms with Crippen LogP contribution in [-0.2, 0) is 32.6 Å². The Hall–Kier alpha value is -3.95. The van der Waals surface area contributed by atoms with Crippen molar-refractivity contribution in [1.29, 1.82) is 0 Å². The molecule has 43 heavy (non-hydrogen) atoms. The van der Waals surface area contributed by atoms with E-state index in [9.17, 15) is 22.8 Å². The fourth-order valence-electron chi connectivity index (χ4n) is 5.56. The van der Waals surface area contributed by atoms with Gasteiger partial charge in [-0.05, 0) is 35.7 Å². The number of nitrogen functional groups attached to an aromatic ring is 1. The minimum atomic E-state index is -3.44. The Morgan fingerprint density at radius 1 is 1.19 bits per heavy atom. The topological polar surface area (TPSA) is 161 Å². The van der Waals surface area contributed by atoms with Gasteiger partial charge in [-0.2, -0.15) is 5.01 Å². The lowest BCUT2D eigenvalue weighted by Gasteiger charge is -2.45. The van der Waals surface area contributed by atoms with Crippen LogP contribution in [0.2, 0.25) is 0 Å². The van der Waals surface area contributed by atoms with E-state index >= 15 is 0 Å². The molecule has 2 atom stereocenters. The number of para-hydroxylation sites is 1. The van der Waals surface area contributed by atoms with Gasteiger partial charge in [-0.25, -0.2) is 18.2 Å². The molecule has 2 saturated heterocycles. The normalized spacial score (nSPS) is 19.1. The number of carbonyl (C=O) groups excluding carboxylic acids is 3. The van der Waals surface area contributed by atoms with Crippen LogP contribution >= 0.6 is 11.3 Å². The molecule has 2 aliphatic heterocycles. The quantitative estimate of drug-likeness (QED) is 0.288. The molecule has 2 fully saturated rings. The number of anilines is 2. The number of hydrogen-bond donors (Lipinski definition) is 3. The molecule has 0 saturated carbocycles. The average Bonchev–Trinajstić information content (AvgIpc) is 3.50. The third-order valence-electron chi connectivity index (χ3n) is 7.62. The number of hydrogen-bond acceptors (Lipinski definition) is 9. The van der Waals surface area contributed by atoms with Gasteiger partial charge in [0.15, 0.2) is 5.13 Å². The molecular formula is C28H36N8O5S2. The van der Waals surface area contributed by atoms with Gasteiger partial charge in [-0.1, -0.05) is 48.9 Å². The van der Waals surface area contributed by atoms with Gasteiger partial charge >= 0.3 is 6.03 Å². The smallest absolute Gasteiger partial charge is 0.331 e. The van der Waals surface area contributed by atoms with Crippen LogP contribution in [0.25, 0.3) is 10.2 Å². The molecule has 2 aromatic carbocycles. The van der Waals surface area contributed by atoms with Crippen LogP contribution in [0, 0.1) is 0 Å². The summed E-state index contributed by atoms with van der Waals surface area (Å²) in [6.45, 7) is 2.97. The highest BCUT2D eigenvalue weighted by atomic mass is 32.2. The number of nitrogens with one attached hydrogen (secondary N) is 2. The van der Waals surface area contributed by atoms with Crippen molar-refractivity contribution in [3.8, 4) is 0 Å². The van der Waals surface area contributed by atoms with Crippen LogP contribution in [0.4, 0.5) is 15.6 Å². The Bertz CT molecular complexity index is 1630. The van der Waals surface area contributed by atoms with Crippen LogP contribution in [0.1, 0.15) is 30.9 Å². The Balaban J connectivity index is 1.45. The van der Waals surface area contributed by atoms with Crippen molar-refractivity contribution in [3.05, 3.63) is 53.6 Å². The number of rotatable bonds is 10. The van der Waals surface area contributed by atoms with E-state index in [2.05, 4.69) is 15.0 Å². The number of sulfonamides is 1. The fraction of sp³-hybridized carbons (Fsp3) is 0.429. The first-order chi connectivity index (χ1) is 20.4. The molecule has 2 aliphatic rings. The molecule has 0 radical (unpaired) electrons. The summed E-state index contributed by atoms with van der Waals surface area (Å²) >= 11 is 1.38. The number of fused-ring (bicyclic) bond motifs is 2. The van der Waals surface area contributed by atoms with Crippen LogP contribution < -0.4 is 15.8 Å². The van der Waals surface area contributed by atoms with Crippen molar-refractivity contribution < 1.29 is 22.8 Å². The summed E-state index contributed by atoms with van der Waals surface area (Å²) in [6, 6.07) is 11.3. The van der Waals surface area contributed by atoms with Gasteiger partial charge < -0.3 is 20.9 Å². The number of hydrazine groups is 1. The van der Waals surface area contributed by atoms with Crippen molar-refractivity contribution in [2.75, 3.05) is 43.4 Å². The molecule has 4 amide bonds. The van der Waals surface area contributed by atoms with Gasteiger partial charge in [-0.15, -0.1) is 0 Å². The number of thiazole rings is 1. The summed E-state index contributed by atoms with van der Waals surface area (Å²) in [7, 11) is -1.82. The minimum Gasteiger partial charge on any atom is -0.375 e. The monoisotopic (exact) mass is 628 g/mol. The number of carbonyl (C=O) groups is 3. The molecule has 13 nitrogen and oxygen atoms in total. The molecule has 0 spiro atoms. The molecular weight excluding hydrogens is 592 g/mol. The maximum Gasteiger partial charge on any atom is 0.331 e. The molecule has 1 aromatic heterocycles. The molecule has 4 N–H and O–H groups in total. The van der Waals surface area contributed by atoms with Crippen LogP contribution in [0.15, 0.2) is 42.5 Å². The number of benzene rings is 2. The van der Waals surface area contributed by atoms with Crippen molar-refractivity contribution in [2.24, 2.45) is 0 Å². The number of nitrogens with zero attached hydrogens (tertiary/aromatic N) is 5. The predicted molar refractivity (Wildman–Crippen MR) is 165 cm³/mol. The first-order valence-electron chi connectivity index (χ1n) is 14.0. The van der Waals surface area contributed by atoms with E-state index in [1.54, 1.807) is 46.1 Å². The third kappa shape index (κ3) is 6.68. The number of nitrogens with two attached hydrogens (primary N) is 1. The predicted octanol–water partition coefficient (Wildman–Crippen LogP) is 2.03. The molecule has 0 bridgehead atoms. The zero-order valence-corrected chi connectivity index (χ0v) is 26.0. The van der Waals surface area contributed by atoms with Gasteiger partial charge in [0.1, 0.15) is 12.2 Å². The Morgan fingerprint density at radius 2 is 1.93 bits per heavy atom. The molecule has 15 heteroatoms. The Labute approximate surface area is 254 Å².